The maximum absolute atomic E-state index is 10.9. The number of carboxylic acids is 1. The standard InChI is InChI=1S/C13H17NO3/c1-8(2)12-7-14-6-10-4-3-9(13(15)16)5-11(10)17-12/h3-5,8,12,14H,6-7H2,1-2H3,(H,15,16). The summed E-state index contributed by atoms with van der Waals surface area (Å²) in [6.07, 6.45) is 0.0836. The average Bonchev–Trinajstić information content (AvgIpc) is 2.49. The highest BCUT2D eigenvalue weighted by atomic mass is 16.5. The fourth-order valence-electron chi connectivity index (χ4n) is 1.87. The lowest BCUT2D eigenvalue weighted by atomic mass is 10.1. The summed E-state index contributed by atoms with van der Waals surface area (Å²) in [6, 6.07) is 5.04. The van der Waals surface area contributed by atoms with Crippen LogP contribution < -0.4 is 10.1 Å². The van der Waals surface area contributed by atoms with Crippen LogP contribution in [0.25, 0.3) is 0 Å². The monoisotopic (exact) mass is 235 g/mol. The van der Waals surface area contributed by atoms with Gasteiger partial charge in [0.05, 0.1) is 5.56 Å². The molecule has 1 aliphatic rings. The largest absolute Gasteiger partial charge is 0.488 e. The lowest BCUT2D eigenvalue weighted by molar-refractivity contribution is 0.0695. The maximum Gasteiger partial charge on any atom is 0.335 e. The van der Waals surface area contributed by atoms with Gasteiger partial charge in [-0.2, -0.15) is 0 Å². The molecule has 92 valence electrons. The third-order valence-corrected chi connectivity index (χ3v) is 3.00. The van der Waals surface area contributed by atoms with Crippen LogP contribution >= 0.6 is 0 Å². The highest BCUT2D eigenvalue weighted by Gasteiger charge is 2.21. The molecule has 0 aromatic heterocycles. The fourth-order valence-corrected chi connectivity index (χ4v) is 1.87. The Labute approximate surface area is 101 Å². The smallest absolute Gasteiger partial charge is 0.335 e. The number of hydrogen-bond donors (Lipinski definition) is 2. The molecule has 1 aliphatic heterocycles. The number of carboxylic acid groups (broad SMARTS) is 1. The van der Waals surface area contributed by atoms with E-state index >= 15 is 0 Å². The minimum absolute atomic E-state index is 0.0836. The van der Waals surface area contributed by atoms with Crippen molar-refractivity contribution >= 4 is 5.97 Å². The number of carbonyl (C=O) groups is 1. The van der Waals surface area contributed by atoms with Crippen molar-refractivity contribution in [1.82, 2.24) is 5.32 Å². The first kappa shape index (κ1) is 11.9. The Hall–Kier alpha value is -1.55. The molecule has 0 saturated heterocycles. The van der Waals surface area contributed by atoms with Gasteiger partial charge in [0.1, 0.15) is 11.9 Å². The predicted octanol–water partition coefficient (Wildman–Crippen LogP) is 1.89. The molecule has 0 amide bonds. The molecule has 17 heavy (non-hydrogen) atoms. The number of rotatable bonds is 2. The van der Waals surface area contributed by atoms with E-state index < -0.39 is 5.97 Å². The van der Waals surface area contributed by atoms with Crippen LogP contribution in [0.2, 0.25) is 0 Å². The van der Waals surface area contributed by atoms with Crippen molar-refractivity contribution in [2.75, 3.05) is 6.54 Å². The van der Waals surface area contributed by atoms with Gasteiger partial charge in [-0.05, 0) is 18.1 Å². The molecular formula is C13H17NO3. The summed E-state index contributed by atoms with van der Waals surface area (Å²) in [5.74, 6) is 0.158. The zero-order valence-corrected chi connectivity index (χ0v) is 10.1. The number of hydrogen-bond acceptors (Lipinski definition) is 3. The molecule has 1 unspecified atom stereocenters. The topological polar surface area (TPSA) is 58.6 Å². The molecule has 4 nitrogen and oxygen atoms in total. The Balaban J connectivity index is 2.31. The molecule has 0 fully saturated rings. The average molecular weight is 235 g/mol. The molecule has 0 bridgehead atoms. The molecular weight excluding hydrogens is 218 g/mol. The number of benzene rings is 1. The number of fused-ring (bicyclic) bond motifs is 1. The molecule has 2 N–H and O–H groups in total. The second-order valence-corrected chi connectivity index (χ2v) is 4.66. The predicted molar refractivity (Wildman–Crippen MR) is 64.4 cm³/mol. The Bertz CT molecular complexity index is 429. The maximum atomic E-state index is 10.9. The molecule has 0 aliphatic carbocycles. The summed E-state index contributed by atoms with van der Waals surface area (Å²) in [5, 5.41) is 12.3. The zero-order valence-electron chi connectivity index (χ0n) is 10.1. The SMILES string of the molecule is CC(C)C1CNCc2ccc(C(=O)O)cc2O1. The number of aromatic carboxylic acids is 1. The second-order valence-electron chi connectivity index (χ2n) is 4.66. The van der Waals surface area contributed by atoms with Gasteiger partial charge in [0.25, 0.3) is 0 Å². The normalized spacial score (nSPS) is 19.4. The first-order valence-corrected chi connectivity index (χ1v) is 5.81. The van der Waals surface area contributed by atoms with Crippen LogP contribution in [0.3, 0.4) is 0 Å². The van der Waals surface area contributed by atoms with Gasteiger partial charge >= 0.3 is 5.97 Å². The molecule has 0 radical (unpaired) electrons. The van der Waals surface area contributed by atoms with Crippen LogP contribution in [0.5, 0.6) is 5.75 Å². The number of ether oxygens (including phenoxy) is 1. The minimum Gasteiger partial charge on any atom is -0.488 e. The van der Waals surface area contributed by atoms with E-state index in [0.717, 1.165) is 18.7 Å². The van der Waals surface area contributed by atoms with Crippen molar-refractivity contribution in [2.45, 2.75) is 26.5 Å². The van der Waals surface area contributed by atoms with Crippen molar-refractivity contribution in [2.24, 2.45) is 5.92 Å². The van der Waals surface area contributed by atoms with Crippen LogP contribution in [0, 0.1) is 5.92 Å². The molecule has 2 rings (SSSR count). The van der Waals surface area contributed by atoms with Crippen molar-refractivity contribution in [3.8, 4) is 5.75 Å². The van der Waals surface area contributed by atoms with E-state index in [-0.39, 0.29) is 11.7 Å². The second kappa shape index (κ2) is 4.75. The summed E-state index contributed by atoms with van der Waals surface area (Å²) in [7, 11) is 0. The highest BCUT2D eigenvalue weighted by molar-refractivity contribution is 5.88. The Morgan fingerprint density at radius 2 is 2.29 bits per heavy atom. The van der Waals surface area contributed by atoms with Gasteiger partial charge in [-0.15, -0.1) is 0 Å². The third kappa shape index (κ3) is 2.58. The first-order chi connectivity index (χ1) is 8.08. The summed E-state index contributed by atoms with van der Waals surface area (Å²) >= 11 is 0. The van der Waals surface area contributed by atoms with Crippen LogP contribution in [0.15, 0.2) is 18.2 Å². The van der Waals surface area contributed by atoms with Crippen LogP contribution in [-0.4, -0.2) is 23.7 Å². The molecule has 4 heteroatoms. The molecule has 1 heterocycles. The lowest BCUT2D eigenvalue weighted by Crippen LogP contribution is -2.32. The van der Waals surface area contributed by atoms with Gasteiger partial charge in [0.2, 0.25) is 0 Å². The molecule has 1 aromatic rings. The molecule has 1 atom stereocenters. The Morgan fingerprint density at radius 1 is 1.53 bits per heavy atom. The van der Waals surface area contributed by atoms with Crippen molar-refractivity contribution in [3.05, 3.63) is 29.3 Å². The van der Waals surface area contributed by atoms with Gasteiger partial charge in [0.15, 0.2) is 0 Å². The quantitative estimate of drug-likeness (QED) is 0.822. The van der Waals surface area contributed by atoms with Gasteiger partial charge in [0, 0.05) is 18.7 Å². The molecule has 0 saturated carbocycles. The van der Waals surface area contributed by atoms with E-state index in [0.29, 0.717) is 11.7 Å². The summed E-state index contributed by atoms with van der Waals surface area (Å²) < 4.78 is 5.88. The van der Waals surface area contributed by atoms with Gasteiger partial charge < -0.3 is 15.2 Å². The van der Waals surface area contributed by atoms with Crippen LogP contribution in [-0.2, 0) is 6.54 Å². The zero-order chi connectivity index (χ0) is 12.4. The lowest BCUT2D eigenvalue weighted by Gasteiger charge is -2.20. The van der Waals surface area contributed by atoms with Gasteiger partial charge in [-0.3, -0.25) is 0 Å². The van der Waals surface area contributed by atoms with E-state index in [9.17, 15) is 4.79 Å². The summed E-state index contributed by atoms with van der Waals surface area (Å²) in [6.45, 7) is 5.70. The molecule has 0 spiro atoms. The minimum atomic E-state index is -0.922. The van der Waals surface area contributed by atoms with Gasteiger partial charge in [-0.25, -0.2) is 4.79 Å². The van der Waals surface area contributed by atoms with Gasteiger partial charge in [-0.1, -0.05) is 19.9 Å². The van der Waals surface area contributed by atoms with E-state index in [1.54, 1.807) is 12.1 Å². The van der Waals surface area contributed by atoms with E-state index in [1.165, 1.54) is 0 Å². The van der Waals surface area contributed by atoms with E-state index in [1.807, 2.05) is 6.07 Å². The summed E-state index contributed by atoms with van der Waals surface area (Å²) in [5.41, 5.74) is 1.28. The Kier molecular flexibility index (Phi) is 3.33. The number of nitrogens with one attached hydrogen (secondary N) is 1. The van der Waals surface area contributed by atoms with E-state index in [2.05, 4.69) is 19.2 Å². The van der Waals surface area contributed by atoms with Crippen molar-refractivity contribution in [1.29, 1.82) is 0 Å². The molecule has 1 aromatic carbocycles. The first-order valence-electron chi connectivity index (χ1n) is 5.81. The third-order valence-electron chi connectivity index (χ3n) is 3.00. The van der Waals surface area contributed by atoms with Crippen molar-refractivity contribution in [3.63, 3.8) is 0 Å². The van der Waals surface area contributed by atoms with Crippen molar-refractivity contribution < 1.29 is 14.6 Å². The van der Waals surface area contributed by atoms with Crippen LogP contribution in [0.1, 0.15) is 29.8 Å². The fraction of sp³-hybridized carbons (Fsp3) is 0.462. The highest BCUT2D eigenvalue weighted by Crippen LogP contribution is 2.25. The van der Waals surface area contributed by atoms with E-state index in [4.69, 9.17) is 9.84 Å². The summed E-state index contributed by atoms with van der Waals surface area (Å²) in [4.78, 5) is 10.9. The Morgan fingerprint density at radius 3 is 2.94 bits per heavy atom. The van der Waals surface area contributed by atoms with Crippen LogP contribution in [0.4, 0.5) is 0 Å².